The maximum Gasteiger partial charge on any atom is 0.156 e. The van der Waals surface area contributed by atoms with Crippen molar-refractivity contribution in [1.29, 1.82) is 5.26 Å². The molecule has 0 aliphatic heterocycles. The van der Waals surface area contributed by atoms with Crippen LogP contribution in [0.4, 0.5) is 0 Å². The van der Waals surface area contributed by atoms with Crippen LogP contribution in [0.25, 0.3) is 0 Å². The average molecular weight is 218 g/mol. The smallest absolute Gasteiger partial charge is 0.156 e. The minimum Gasteiger partial charge on any atom is -0.293 e. The summed E-state index contributed by atoms with van der Waals surface area (Å²) in [6.07, 6.45) is 0. The van der Waals surface area contributed by atoms with Gasteiger partial charge in [0.1, 0.15) is 0 Å². The van der Waals surface area contributed by atoms with Gasteiger partial charge in [-0.1, -0.05) is 0 Å². The number of hydrogen-bond acceptors (Lipinski definition) is 4. The molecule has 0 atom stereocenters. The number of sulfone groups is 1. The van der Waals surface area contributed by atoms with E-state index in [-0.39, 0.29) is 12.3 Å². The van der Waals surface area contributed by atoms with Crippen molar-refractivity contribution in [3.05, 3.63) is 0 Å². The van der Waals surface area contributed by atoms with Gasteiger partial charge in [0.2, 0.25) is 0 Å². The van der Waals surface area contributed by atoms with Gasteiger partial charge in [-0.2, -0.15) is 5.26 Å². The van der Waals surface area contributed by atoms with Gasteiger partial charge in [-0.3, -0.25) is 4.90 Å². The van der Waals surface area contributed by atoms with Gasteiger partial charge in [-0.15, -0.1) is 0 Å². The topological polar surface area (TPSA) is 61.2 Å². The van der Waals surface area contributed by atoms with Crippen molar-refractivity contribution in [2.45, 2.75) is 25.5 Å². The highest BCUT2D eigenvalue weighted by Crippen LogP contribution is 2.15. The summed E-state index contributed by atoms with van der Waals surface area (Å²) in [5.74, 6) is 0.106. The Labute approximate surface area is 86.4 Å². The van der Waals surface area contributed by atoms with Gasteiger partial charge in [-0.05, 0) is 27.8 Å². The van der Waals surface area contributed by atoms with Gasteiger partial charge < -0.3 is 0 Å². The molecule has 4 nitrogen and oxygen atoms in total. The molecule has 0 spiro atoms. The van der Waals surface area contributed by atoms with Crippen molar-refractivity contribution in [2.75, 3.05) is 25.9 Å². The quantitative estimate of drug-likeness (QED) is 0.650. The highest BCUT2D eigenvalue weighted by Gasteiger charge is 2.28. The van der Waals surface area contributed by atoms with Gasteiger partial charge in [0.15, 0.2) is 9.84 Å². The molecule has 0 unspecified atom stereocenters. The summed E-state index contributed by atoms with van der Waals surface area (Å²) in [6.45, 7) is 5.73. The maximum absolute atomic E-state index is 11.7. The first-order valence-electron chi connectivity index (χ1n) is 4.48. The molecular formula is C9H18N2O2S. The zero-order valence-electron chi connectivity index (χ0n) is 9.24. The first-order valence-corrected chi connectivity index (χ1v) is 6.14. The van der Waals surface area contributed by atoms with Crippen LogP contribution in [0.3, 0.4) is 0 Å². The highest BCUT2D eigenvalue weighted by molar-refractivity contribution is 7.92. The van der Waals surface area contributed by atoms with Gasteiger partial charge in [-0.25, -0.2) is 8.42 Å². The van der Waals surface area contributed by atoms with E-state index in [1.165, 1.54) is 0 Å². The molecular weight excluding hydrogens is 200 g/mol. The van der Waals surface area contributed by atoms with Crippen LogP contribution in [0.5, 0.6) is 0 Å². The molecule has 0 rings (SSSR count). The summed E-state index contributed by atoms with van der Waals surface area (Å²) in [4.78, 5) is 1.70. The van der Waals surface area contributed by atoms with Crippen LogP contribution in [-0.4, -0.2) is 44.0 Å². The van der Waals surface area contributed by atoms with Crippen molar-refractivity contribution in [3.8, 4) is 6.07 Å². The standard InChI is InChI=1S/C9H18N2O2S/c1-9(2,3)14(12,13)8-7-11(4)6-5-10/h6-8H2,1-4H3. The molecule has 14 heavy (non-hydrogen) atoms. The third-order valence-corrected chi connectivity index (χ3v) is 4.60. The Morgan fingerprint density at radius 1 is 1.36 bits per heavy atom. The minimum absolute atomic E-state index is 0.106. The number of nitrogens with zero attached hydrogens (tertiary/aromatic N) is 2. The fourth-order valence-corrected chi connectivity index (χ4v) is 1.95. The van der Waals surface area contributed by atoms with Crippen LogP contribution >= 0.6 is 0 Å². The van der Waals surface area contributed by atoms with Crippen LogP contribution in [-0.2, 0) is 9.84 Å². The molecule has 0 fully saturated rings. The summed E-state index contributed by atoms with van der Waals surface area (Å²) >= 11 is 0. The Morgan fingerprint density at radius 2 is 1.86 bits per heavy atom. The molecule has 0 amide bonds. The summed E-state index contributed by atoms with van der Waals surface area (Å²) in [6, 6.07) is 1.97. The Hall–Kier alpha value is -0.600. The van der Waals surface area contributed by atoms with Gasteiger partial charge >= 0.3 is 0 Å². The maximum atomic E-state index is 11.7. The lowest BCUT2D eigenvalue weighted by molar-refractivity contribution is 0.394. The SMILES string of the molecule is CN(CC#N)CCS(=O)(=O)C(C)(C)C. The van der Waals surface area contributed by atoms with E-state index in [1.54, 1.807) is 32.7 Å². The normalized spacial score (nSPS) is 12.9. The zero-order valence-corrected chi connectivity index (χ0v) is 10.1. The highest BCUT2D eigenvalue weighted by atomic mass is 32.2. The van der Waals surface area contributed by atoms with Crippen molar-refractivity contribution in [3.63, 3.8) is 0 Å². The second-order valence-corrected chi connectivity index (χ2v) is 7.19. The van der Waals surface area contributed by atoms with E-state index in [0.717, 1.165) is 0 Å². The molecule has 0 aliphatic rings. The van der Waals surface area contributed by atoms with E-state index in [9.17, 15) is 8.42 Å². The van der Waals surface area contributed by atoms with Crippen molar-refractivity contribution >= 4 is 9.84 Å². The molecule has 0 heterocycles. The molecule has 0 radical (unpaired) electrons. The Bertz CT molecular complexity index is 309. The molecule has 0 aromatic carbocycles. The molecule has 0 saturated carbocycles. The van der Waals surface area contributed by atoms with Crippen LogP contribution in [0.1, 0.15) is 20.8 Å². The molecule has 0 aromatic heterocycles. The van der Waals surface area contributed by atoms with E-state index in [0.29, 0.717) is 6.54 Å². The third-order valence-electron chi connectivity index (χ3n) is 2.02. The average Bonchev–Trinajstić information content (AvgIpc) is 1.99. The zero-order chi connectivity index (χ0) is 11.4. The van der Waals surface area contributed by atoms with E-state index in [1.807, 2.05) is 6.07 Å². The molecule has 0 N–H and O–H groups in total. The fraction of sp³-hybridized carbons (Fsp3) is 0.889. The molecule has 82 valence electrons. The second kappa shape index (κ2) is 4.76. The molecule has 0 aliphatic carbocycles. The monoisotopic (exact) mass is 218 g/mol. The lowest BCUT2D eigenvalue weighted by Crippen LogP contribution is -2.35. The van der Waals surface area contributed by atoms with Crippen LogP contribution in [0, 0.1) is 11.3 Å². The predicted octanol–water partition coefficient (Wildman–Crippen LogP) is 0.655. The molecule has 0 saturated heterocycles. The van der Waals surface area contributed by atoms with E-state index in [4.69, 9.17) is 5.26 Å². The van der Waals surface area contributed by atoms with E-state index in [2.05, 4.69) is 0 Å². The summed E-state index contributed by atoms with van der Waals surface area (Å²) in [7, 11) is -1.32. The van der Waals surface area contributed by atoms with Crippen LogP contribution < -0.4 is 0 Å². The van der Waals surface area contributed by atoms with Gasteiger partial charge in [0.05, 0.1) is 23.1 Å². The summed E-state index contributed by atoms with van der Waals surface area (Å²) in [5.41, 5.74) is 0. The van der Waals surface area contributed by atoms with E-state index < -0.39 is 14.6 Å². The minimum atomic E-state index is -3.06. The first kappa shape index (κ1) is 13.4. The molecule has 0 bridgehead atoms. The lowest BCUT2D eigenvalue weighted by atomic mass is 10.3. The fourth-order valence-electron chi connectivity index (χ4n) is 0.782. The van der Waals surface area contributed by atoms with E-state index >= 15 is 0 Å². The number of nitriles is 1. The Kier molecular flexibility index (Phi) is 4.56. The summed E-state index contributed by atoms with van der Waals surface area (Å²) in [5, 5.41) is 8.38. The van der Waals surface area contributed by atoms with Gasteiger partial charge in [0, 0.05) is 6.54 Å². The Balaban J connectivity index is 4.23. The predicted molar refractivity (Wildman–Crippen MR) is 56.6 cm³/mol. The second-order valence-electron chi connectivity index (χ2n) is 4.33. The van der Waals surface area contributed by atoms with Crippen molar-refractivity contribution in [2.24, 2.45) is 0 Å². The summed E-state index contributed by atoms with van der Waals surface area (Å²) < 4.78 is 22.6. The van der Waals surface area contributed by atoms with Crippen molar-refractivity contribution in [1.82, 2.24) is 4.90 Å². The largest absolute Gasteiger partial charge is 0.293 e. The third kappa shape index (κ3) is 4.07. The van der Waals surface area contributed by atoms with Crippen LogP contribution in [0.15, 0.2) is 0 Å². The lowest BCUT2D eigenvalue weighted by Gasteiger charge is -2.21. The molecule has 5 heteroatoms. The Morgan fingerprint density at radius 3 is 2.21 bits per heavy atom. The van der Waals surface area contributed by atoms with Crippen LogP contribution in [0.2, 0.25) is 0 Å². The molecule has 0 aromatic rings. The first-order chi connectivity index (χ1) is 6.20. The van der Waals surface area contributed by atoms with Gasteiger partial charge in [0.25, 0.3) is 0 Å². The number of rotatable bonds is 4. The number of hydrogen-bond donors (Lipinski definition) is 0. The van der Waals surface area contributed by atoms with Crippen molar-refractivity contribution < 1.29 is 8.42 Å².